The summed E-state index contributed by atoms with van der Waals surface area (Å²) in [4.78, 5) is 25.7. The number of nitrogens with one attached hydrogen (secondary N) is 1. The fraction of sp³-hybridized carbons (Fsp3) is 0.450. The van der Waals surface area contributed by atoms with E-state index >= 15 is 0 Å². The molecule has 2 heterocycles. The molecule has 0 spiro atoms. The molecule has 0 saturated carbocycles. The van der Waals surface area contributed by atoms with Crippen molar-refractivity contribution in [2.24, 2.45) is 13.0 Å². The first-order valence-electron chi connectivity index (χ1n) is 9.18. The van der Waals surface area contributed by atoms with Crippen LogP contribution < -0.4 is 10.9 Å². The average Bonchev–Trinajstić information content (AvgIpc) is 2.94. The van der Waals surface area contributed by atoms with Gasteiger partial charge in [0.2, 0.25) is 5.91 Å². The maximum atomic E-state index is 12.9. The van der Waals surface area contributed by atoms with Gasteiger partial charge in [-0.2, -0.15) is 5.10 Å². The number of rotatable bonds is 6. The number of carbonyl (C=O) groups excluding carboxylic acids is 1. The number of para-hydroxylation sites is 1. The fourth-order valence-electron chi connectivity index (χ4n) is 3.40. The number of fused-ring (bicyclic) bond motifs is 3. The van der Waals surface area contributed by atoms with Crippen LogP contribution in [-0.4, -0.2) is 26.8 Å². The van der Waals surface area contributed by atoms with Crippen LogP contribution in [0.15, 0.2) is 35.3 Å². The van der Waals surface area contributed by atoms with Crippen molar-refractivity contribution in [2.75, 3.05) is 6.54 Å². The van der Waals surface area contributed by atoms with Gasteiger partial charge in [-0.3, -0.25) is 9.59 Å². The zero-order valence-corrected chi connectivity index (χ0v) is 15.8. The molecule has 0 radical (unpaired) electrons. The molecule has 0 bridgehead atoms. The Kier molecular flexibility index (Phi) is 5.11. The van der Waals surface area contributed by atoms with Crippen LogP contribution in [0.25, 0.3) is 21.8 Å². The second-order valence-corrected chi connectivity index (χ2v) is 7.12. The molecule has 0 aliphatic rings. The Bertz CT molecular complexity index is 1000. The van der Waals surface area contributed by atoms with Crippen LogP contribution in [0.3, 0.4) is 0 Å². The lowest BCUT2D eigenvalue weighted by molar-refractivity contribution is -0.124. The Morgan fingerprint density at radius 3 is 2.65 bits per heavy atom. The van der Waals surface area contributed by atoms with E-state index in [0.29, 0.717) is 24.4 Å². The van der Waals surface area contributed by atoms with Gasteiger partial charge in [0.05, 0.1) is 11.7 Å². The lowest BCUT2D eigenvalue weighted by Gasteiger charge is -2.19. The topological polar surface area (TPSA) is 68.9 Å². The summed E-state index contributed by atoms with van der Waals surface area (Å²) in [5.41, 5.74) is 1.24. The van der Waals surface area contributed by atoms with Gasteiger partial charge in [0.1, 0.15) is 11.6 Å². The minimum Gasteiger partial charge on any atom is -0.354 e. The molecule has 1 amide bonds. The molecule has 6 heteroatoms. The van der Waals surface area contributed by atoms with E-state index in [2.05, 4.69) is 24.3 Å². The number of benzene rings is 1. The summed E-state index contributed by atoms with van der Waals surface area (Å²) >= 11 is 0. The highest BCUT2D eigenvalue weighted by molar-refractivity contribution is 6.08. The first kappa shape index (κ1) is 18.2. The monoisotopic (exact) mass is 354 g/mol. The standard InChI is InChI=1S/C20H26N4O2/c1-5-16(19(25)21-11-10-13(2)3)24-17-9-7-6-8-14(17)15-12-22-23(4)20(26)18(15)24/h6-9,12-13,16H,5,10-11H2,1-4H3,(H,21,25)/t16-/m1/s1. The molecule has 1 atom stereocenters. The van der Waals surface area contributed by atoms with Crippen molar-refractivity contribution in [3.63, 3.8) is 0 Å². The van der Waals surface area contributed by atoms with Crippen molar-refractivity contribution in [3.05, 3.63) is 40.8 Å². The van der Waals surface area contributed by atoms with Gasteiger partial charge >= 0.3 is 0 Å². The molecule has 1 aromatic carbocycles. The molecule has 0 unspecified atom stereocenters. The summed E-state index contributed by atoms with van der Waals surface area (Å²) in [6.45, 7) is 6.88. The molecule has 3 aromatic rings. The van der Waals surface area contributed by atoms with Crippen molar-refractivity contribution in [2.45, 2.75) is 39.7 Å². The molecule has 0 saturated heterocycles. The Morgan fingerprint density at radius 1 is 1.23 bits per heavy atom. The van der Waals surface area contributed by atoms with E-state index in [9.17, 15) is 9.59 Å². The highest BCUT2D eigenvalue weighted by atomic mass is 16.2. The molecule has 1 N–H and O–H groups in total. The quantitative estimate of drug-likeness (QED) is 0.740. The van der Waals surface area contributed by atoms with Crippen LogP contribution in [0.2, 0.25) is 0 Å². The highest BCUT2D eigenvalue weighted by Crippen LogP contribution is 2.30. The summed E-state index contributed by atoms with van der Waals surface area (Å²) < 4.78 is 3.21. The predicted octanol–water partition coefficient (Wildman–Crippen LogP) is 3.00. The number of amides is 1. The van der Waals surface area contributed by atoms with E-state index in [1.165, 1.54) is 4.68 Å². The minimum atomic E-state index is -0.431. The second-order valence-electron chi connectivity index (χ2n) is 7.12. The fourth-order valence-corrected chi connectivity index (χ4v) is 3.40. The van der Waals surface area contributed by atoms with Gasteiger partial charge in [-0.25, -0.2) is 4.68 Å². The molecule has 26 heavy (non-hydrogen) atoms. The Morgan fingerprint density at radius 2 is 1.96 bits per heavy atom. The maximum Gasteiger partial charge on any atom is 0.291 e. The second kappa shape index (κ2) is 7.32. The van der Waals surface area contributed by atoms with E-state index in [0.717, 1.165) is 22.7 Å². The smallest absolute Gasteiger partial charge is 0.291 e. The van der Waals surface area contributed by atoms with E-state index in [4.69, 9.17) is 0 Å². The van der Waals surface area contributed by atoms with E-state index in [1.54, 1.807) is 13.2 Å². The van der Waals surface area contributed by atoms with Crippen molar-refractivity contribution in [1.82, 2.24) is 19.7 Å². The third-order valence-electron chi connectivity index (χ3n) is 4.83. The van der Waals surface area contributed by atoms with Crippen LogP contribution >= 0.6 is 0 Å². The van der Waals surface area contributed by atoms with Gasteiger partial charge in [0.25, 0.3) is 5.56 Å². The van der Waals surface area contributed by atoms with E-state index in [1.807, 2.05) is 35.8 Å². The SMILES string of the molecule is CC[C@H](C(=O)NCCC(C)C)n1c2ccccc2c2cnn(C)c(=O)c21. The number of carbonyl (C=O) groups is 1. The highest BCUT2D eigenvalue weighted by Gasteiger charge is 2.25. The van der Waals surface area contributed by atoms with E-state index in [-0.39, 0.29) is 11.5 Å². The van der Waals surface area contributed by atoms with Gasteiger partial charge in [0.15, 0.2) is 0 Å². The normalized spacial score (nSPS) is 12.8. The molecule has 6 nitrogen and oxygen atoms in total. The Hall–Kier alpha value is -2.63. The molecular weight excluding hydrogens is 328 g/mol. The third-order valence-corrected chi connectivity index (χ3v) is 4.83. The van der Waals surface area contributed by atoms with Crippen molar-refractivity contribution in [1.29, 1.82) is 0 Å². The molecule has 0 fully saturated rings. The lowest BCUT2D eigenvalue weighted by atomic mass is 10.1. The number of hydrogen-bond acceptors (Lipinski definition) is 3. The Labute approximate surface area is 152 Å². The summed E-state index contributed by atoms with van der Waals surface area (Å²) in [6, 6.07) is 7.36. The van der Waals surface area contributed by atoms with Gasteiger partial charge in [-0.05, 0) is 24.8 Å². The van der Waals surface area contributed by atoms with Crippen molar-refractivity contribution >= 4 is 27.7 Å². The largest absolute Gasteiger partial charge is 0.354 e. The third kappa shape index (κ3) is 3.11. The van der Waals surface area contributed by atoms with Crippen LogP contribution in [0.5, 0.6) is 0 Å². The van der Waals surface area contributed by atoms with Gasteiger partial charge in [0, 0.05) is 24.4 Å². The zero-order chi connectivity index (χ0) is 18.8. The molecule has 0 aliphatic heterocycles. The minimum absolute atomic E-state index is 0.0466. The van der Waals surface area contributed by atoms with Gasteiger partial charge in [-0.15, -0.1) is 0 Å². The number of nitrogens with zero attached hydrogens (tertiary/aromatic N) is 3. The first-order valence-corrected chi connectivity index (χ1v) is 9.18. The van der Waals surface area contributed by atoms with Crippen molar-refractivity contribution in [3.8, 4) is 0 Å². The van der Waals surface area contributed by atoms with Gasteiger partial charge in [-0.1, -0.05) is 39.0 Å². The van der Waals surface area contributed by atoms with E-state index < -0.39 is 6.04 Å². The van der Waals surface area contributed by atoms with Crippen LogP contribution in [0.4, 0.5) is 0 Å². The van der Waals surface area contributed by atoms with Gasteiger partial charge < -0.3 is 9.88 Å². The summed E-state index contributed by atoms with van der Waals surface area (Å²) in [5.74, 6) is 0.483. The zero-order valence-electron chi connectivity index (χ0n) is 15.8. The summed E-state index contributed by atoms with van der Waals surface area (Å²) in [5, 5.41) is 8.93. The number of aromatic nitrogens is 3. The predicted molar refractivity (Wildman–Crippen MR) is 104 cm³/mol. The summed E-state index contributed by atoms with van der Waals surface area (Å²) in [7, 11) is 1.63. The van der Waals surface area contributed by atoms with Crippen molar-refractivity contribution < 1.29 is 4.79 Å². The molecule has 138 valence electrons. The summed E-state index contributed by atoms with van der Waals surface area (Å²) in [6.07, 6.45) is 3.24. The van der Waals surface area contributed by atoms with Crippen LogP contribution in [-0.2, 0) is 11.8 Å². The molecule has 3 rings (SSSR count). The van der Waals surface area contributed by atoms with Crippen LogP contribution in [0.1, 0.15) is 39.7 Å². The Balaban J connectivity index is 2.16. The molecule has 0 aliphatic carbocycles. The van der Waals surface area contributed by atoms with Crippen LogP contribution in [0, 0.1) is 5.92 Å². The lowest BCUT2D eigenvalue weighted by Crippen LogP contribution is -2.34. The maximum absolute atomic E-state index is 12.9. The number of aryl methyl sites for hydroxylation is 1. The average molecular weight is 354 g/mol. The first-order chi connectivity index (χ1) is 12.5. The number of hydrogen-bond donors (Lipinski definition) is 1. The molecular formula is C20H26N4O2. The molecule has 2 aromatic heterocycles.